The van der Waals surface area contributed by atoms with Crippen LogP contribution >= 0.6 is 18.1 Å². The van der Waals surface area contributed by atoms with Crippen LogP contribution in [0.15, 0.2) is 30.3 Å². The van der Waals surface area contributed by atoms with E-state index in [1.807, 2.05) is 5.09 Å². The van der Waals surface area contributed by atoms with Crippen molar-refractivity contribution in [1.29, 1.82) is 0 Å². The van der Waals surface area contributed by atoms with Crippen LogP contribution in [0.4, 0.5) is 0 Å². The van der Waals surface area contributed by atoms with Crippen molar-refractivity contribution in [2.45, 2.75) is 12.5 Å². The molecule has 0 amide bonds. The van der Waals surface area contributed by atoms with Crippen molar-refractivity contribution in [1.82, 2.24) is 5.09 Å². The smallest absolute Gasteiger partial charge is 0.409 e. The van der Waals surface area contributed by atoms with E-state index < -0.39 is 31.3 Å². The minimum Gasteiger partial charge on any atom is -0.481 e. The van der Waals surface area contributed by atoms with E-state index in [0.29, 0.717) is 0 Å². The van der Waals surface area contributed by atoms with Crippen LogP contribution < -0.4 is 9.61 Å². The van der Waals surface area contributed by atoms with Gasteiger partial charge in [0.2, 0.25) is 0 Å². The van der Waals surface area contributed by atoms with Crippen molar-refractivity contribution in [3.63, 3.8) is 0 Å². The molecule has 0 bridgehead atoms. The van der Waals surface area contributed by atoms with Gasteiger partial charge in [0.1, 0.15) is 11.8 Å². The Morgan fingerprint density at radius 1 is 1.32 bits per heavy atom. The molecule has 0 aromatic heterocycles. The zero-order valence-corrected chi connectivity index (χ0v) is 11.2. The molecule has 7 nitrogen and oxygen atoms in total. The molecule has 9 heteroatoms. The van der Waals surface area contributed by atoms with Crippen LogP contribution in [0.1, 0.15) is 6.42 Å². The molecule has 0 saturated heterocycles. The number of para-hydroxylation sites is 1. The summed E-state index contributed by atoms with van der Waals surface area (Å²) in [7, 11) is 0. The lowest BCUT2D eigenvalue weighted by Gasteiger charge is -2.17. The maximum atomic E-state index is 11.9. The summed E-state index contributed by atoms with van der Waals surface area (Å²) in [6.45, 7) is -4.00. The zero-order valence-electron chi connectivity index (χ0n) is 9.52. The molecule has 0 aliphatic heterocycles. The molecule has 1 aromatic rings. The van der Waals surface area contributed by atoms with Crippen LogP contribution in [-0.2, 0) is 14.2 Å². The molecule has 0 radical (unpaired) electrons. The predicted molar refractivity (Wildman–Crippen MR) is 67.3 cm³/mol. The molecule has 0 aliphatic rings. The number of benzene rings is 1. The van der Waals surface area contributed by atoms with Gasteiger partial charge >= 0.3 is 18.8 Å². The summed E-state index contributed by atoms with van der Waals surface area (Å²) in [6.07, 6.45) is -0.774. The Bertz CT molecular complexity index is 508. The van der Waals surface area contributed by atoms with E-state index in [0.717, 1.165) is 0 Å². The quantitative estimate of drug-likeness (QED) is 0.659. The van der Waals surface area contributed by atoms with Crippen LogP contribution in [0.5, 0.6) is 5.75 Å². The first-order valence-corrected chi connectivity index (χ1v) is 7.60. The van der Waals surface area contributed by atoms with Crippen molar-refractivity contribution in [3.05, 3.63) is 30.3 Å². The first-order valence-electron chi connectivity index (χ1n) is 5.07. The second kappa shape index (κ2) is 6.56. The average molecular weight is 308 g/mol. The highest BCUT2D eigenvalue weighted by Gasteiger charge is 2.31. The third kappa shape index (κ3) is 5.74. The first kappa shape index (κ1) is 15.5. The summed E-state index contributed by atoms with van der Waals surface area (Å²) in [5.41, 5.74) is 0. The number of carboxylic acids is 2. The molecular formula is C10H11ClNO6P. The standard InChI is InChI=1S/C10H11ClNO6P/c11-19(17,18-7-4-2-1-3-5-7)12-8(10(15)16)6-9(13)14/h1-5,8H,6H2,(H,12,17)(H,13,14)(H,15,16). The third-order valence-corrected chi connectivity index (χ3v) is 3.52. The van der Waals surface area contributed by atoms with E-state index in [2.05, 4.69) is 0 Å². The van der Waals surface area contributed by atoms with Crippen molar-refractivity contribution >= 4 is 30.1 Å². The van der Waals surface area contributed by atoms with Gasteiger partial charge in [-0.1, -0.05) is 18.2 Å². The number of rotatable bonds is 7. The summed E-state index contributed by atoms with van der Waals surface area (Å²) >= 11 is 5.56. The first-order chi connectivity index (χ1) is 8.80. The van der Waals surface area contributed by atoms with Gasteiger partial charge < -0.3 is 14.7 Å². The predicted octanol–water partition coefficient (Wildman–Crippen LogP) is 1.93. The summed E-state index contributed by atoms with van der Waals surface area (Å²) < 4.78 is 16.8. The molecule has 0 aliphatic carbocycles. The minimum atomic E-state index is -4.00. The Morgan fingerprint density at radius 3 is 2.37 bits per heavy atom. The summed E-state index contributed by atoms with van der Waals surface area (Å²) in [5, 5.41) is 19.3. The Labute approximate surface area is 113 Å². The van der Waals surface area contributed by atoms with Crippen LogP contribution in [0.3, 0.4) is 0 Å². The van der Waals surface area contributed by atoms with Gasteiger partial charge in [-0.15, -0.1) is 0 Å². The van der Waals surface area contributed by atoms with Gasteiger partial charge in [0.25, 0.3) is 0 Å². The molecule has 1 aromatic carbocycles. The number of halogens is 1. The fourth-order valence-electron chi connectivity index (χ4n) is 1.19. The Kier molecular flexibility index (Phi) is 5.35. The van der Waals surface area contributed by atoms with Gasteiger partial charge in [-0.05, 0) is 12.1 Å². The normalized spacial score (nSPS) is 15.2. The van der Waals surface area contributed by atoms with Gasteiger partial charge in [-0.25, -0.2) is 9.65 Å². The highest BCUT2D eigenvalue weighted by molar-refractivity contribution is 7.84. The van der Waals surface area contributed by atoms with Gasteiger partial charge in [-0.2, -0.15) is 0 Å². The molecule has 0 heterocycles. The second-order valence-corrected chi connectivity index (χ2v) is 6.24. The monoisotopic (exact) mass is 307 g/mol. The number of hydrogen-bond donors (Lipinski definition) is 3. The summed E-state index contributed by atoms with van der Waals surface area (Å²) in [4.78, 5) is 21.3. The molecule has 0 spiro atoms. The Balaban J connectivity index is 2.74. The maximum Gasteiger partial charge on any atom is 0.409 e. The Morgan fingerprint density at radius 2 is 1.89 bits per heavy atom. The zero-order chi connectivity index (χ0) is 14.5. The van der Waals surface area contributed by atoms with E-state index in [-0.39, 0.29) is 5.75 Å². The van der Waals surface area contributed by atoms with Crippen molar-refractivity contribution in [3.8, 4) is 5.75 Å². The van der Waals surface area contributed by atoms with E-state index in [1.54, 1.807) is 18.2 Å². The van der Waals surface area contributed by atoms with E-state index in [4.69, 9.17) is 26.0 Å². The average Bonchev–Trinajstić information content (AvgIpc) is 2.27. The lowest BCUT2D eigenvalue weighted by Crippen LogP contribution is -2.36. The largest absolute Gasteiger partial charge is 0.481 e. The van der Waals surface area contributed by atoms with Crippen LogP contribution in [0.2, 0.25) is 0 Å². The number of aliphatic carboxylic acids is 2. The maximum absolute atomic E-state index is 11.9. The molecule has 19 heavy (non-hydrogen) atoms. The molecule has 104 valence electrons. The fourth-order valence-corrected chi connectivity index (χ4v) is 2.80. The molecular weight excluding hydrogens is 297 g/mol. The number of carboxylic acid groups (broad SMARTS) is 2. The van der Waals surface area contributed by atoms with Gasteiger partial charge in [0.15, 0.2) is 0 Å². The van der Waals surface area contributed by atoms with Gasteiger partial charge in [-0.3, -0.25) is 9.59 Å². The van der Waals surface area contributed by atoms with Crippen LogP contribution in [0.25, 0.3) is 0 Å². The third-order valence-electron chi connectivity index (χ3n) is 1.95. The van der Waals surface area contributed by atoms with E-state index >= 15 is 0 Å². The lowest BCUT2D eigenvalue weighted by molar-refractivity contribution is -0.145. The number of hydrogen-bond acceptors (Lipinski definition) is 4. The molecule has 2 atom stereocenters. The second-order valence-electron chi connectivity index (χ2n) is 3.50. The van der Waals surface area contributed by atoms with E-state index in [9.17, 15) is 14.2 Å². The molecule has 0 fully saturated rings. The van der Waals surface area contributed by atoms with Crippen LogP contribution in [-0.4, -0.2) is 28.2 Å². The highest BCUT2D eigenvalue weighted by atomic mass is 35.7. The van der Waals surface area contributed by atoms with Gasteiger partial charge in [0, 0.05) is 11.2 Å². The summed E-state index contributed by atoms with van der Waals surface area (Å²) in [6, 6.07) is 6.26. The number of nitrogens with one attached hydrogen (secondary N) is 1. The van der Waals surface area contributed by atoms with Gasteiger partial charge in [0.05, 0.1) is 6.42 Å². The van der Waals surface area contributed by atoms with Crippen molar-refractivity contribution < 1.29 is 28.9 Å². The Hall–Kier alpha value is -1.56. The van der Waals surface area contributed by atoms with E-state index in [1.165, 1.54) is 12.1 Å². The molecule has 1 rings (SSSR count). The topological polar surface area (TPSA) is 113 Å². The van der Waals surface area contributed by atoms with Crippen molar-refractivity contribution in [2.75, 3.05) is 0 Å². The lowest BCUT2D eigenvalue weighted by atomic mass is 10.2. The minimum absolute atomic E-state index is 0.174. The number of carbonyl (C=O) groups is 2. The molecule has 3 N–H and O–H groups in total. The summed E-state index contributed by atoms with van der Waals surface area (Å²) in [5.74, 6) is -2.68. The fraction of sp³-hybridized carbons (Fsp3) is 0.200. The SMILES string of the molecule is O=C(O)CC(NP(=O)(Cl)Oc1ccccc1)C(=O)O. The van der Waals surface area contributed by atoms with Crippen LogP contribution in [0, 0.1) is 0 Å². The highest BCUT2D eigenvalue weighted by Crippen LogP contribution is 2.48. The molecule has 0 saturated carbocycles. The van der Waals surface area contributed by atoms with Crippen molar-refractivity contribution in [2.24, 2.45) is 0 Å². The molecule has 2 unspecified atom stereocenters.